The normalized spacial score (nSPS) is 11.3. The number of hydrogen-bond donors (Lipinski definition) is 0. The van der Waals surface area contributed by atoms with Crippen LogP contribution in [0.5, 0.6) is 5.75 Å². The van der Waals surface area contributed by atoms with Gasteiger partial charge in [0.1, 0.15) is 22.9 Å². The zero-order valence-electron chi connectivity index (χ0n) is 24.3. The number of pyridine rings is 1. The molecule has 0 radical (unpaired) electrons. The minimum atomic E-state index is -0.370. The Balaban J connectivity index is 0.00000247. The highest BCUT2D eigenvalue weighted by molar-refractivity contribution is 6.45. The molecule has 1 amide bonds. The molecule has 1 aromatic carbocycles. The smallest absolute Gasteiger partial charge is 0.271 e. The number of rotatable bonds is 10. The molecule has 206 valence electrons. The fourth-order valence-corrected chi connectivity index (χ4v) is 4.01. The molecule has 0 aliphatic rings. The van der Waals surface area contributed by atoms with Gasteiger partial charge in [0.15, 0.2) is 0 Å². The van der Waals surface area contributed by atoms with E-state index in [1.165, 1.54) is 17.0 Å². The van der Waals surface area contributed by atoms with Crippen molar-refractivity contribution in [1.82, 2.24) is 19.2 Å². The average molecular weight is 524 g/mol. The molecule has 8 heteroatoms. The van der Waals surface area contributed by atoms with E-state index in [1.807, 2.05) is 66.3 Å². The minimum absolute atomic E-state index is 0.154. The van der Waals surface area contributed by atoms with Crippen LogP contribution in [0.25, 0.3) is 16.8 Å². The number of allylic oxidation sites excluding steroid dienone is 1. The highest BCUT2D eigenvalue weighted by atomic mass is 19.1. The molecule has 38 heavy (non-hydrogen) atoms. The van der Waals surface area contributed by atoms with Crippen molar-refractivity contribution in [3.05, 3.63) is 65.4 Å². The molecule has 0 aliphatic carbocycles. The van der Waals surface area contributed by atoms with Gasteiger partial charge in [-0.1, -0.05) is 19.4 Å². The van der Waals surface area contributed by atoms with Gasteiger partial charge in [-0.3, -0.25) is 9.79 Å². The van der Waals surface area contributed by atoms with E-state index in [0.29, 0.717) is 17.9 Å². The maximum absolute atomic E-state index is 14.2. The highest BCUT2D eigenvalue weighted by Crippen LogP contribution is 2.32. The van der Waals surface area contributed by atoms with Gasteiger partial charge in [-0.25, -0.2) is 9.37 Å². The van der Waals surface area contributed by atoms with Crippen LogP contribution >= 0.6 is 0 Å². The van der Waals surface area contributed by atoms with Crippen LogP contribution in [0.4, 0.5) is 4.39 Å². The summed E-state index contributed by atoms with van der Waals surface area (Å²) in [6.45, 7) is 9.09. The molecule has 0 saturated heterocycles. The van der Waals surface area contributed by atoms with Crippen molar-refractivity contribution in [2.75, 3.05) is 48.4 Å². The van der Waals surface area contributed by atoms with Crippen molar-refractivity contribution >= 4 is 17.3 Å². The zero-order chi connectivity index (χ0) is 28.4. The third kappa shape index (κ3) is 7.74. The van der Waals surface area contributed by atoms with Gasteiger partial charge in [0.25, 0.3) is 5.91 Å². The van der Waals surface area contributed by atoms with Gasteiger partial charge in [-0.15, -0.1) is 0 Å². The van der Waals surface area contributed by atoms with Crippen molar-refractivity contribution < 1.29 is 13.9 Å². The monoisotopic (exact) mass is 523 g/mol. The summed E-state index contributed by atoms with van der Waals surface area (Å²) in [6, 6.07) is 8.50. The number of likely N-dealkylation sites (N-methyl/N-ethyl adjacent to an activating group) is 1. The maximum Gasteiger partial charge on any atom is 0.271 e. The zero-order valence-corrected chi connectivity index (χ0v) is 24.3. The molecule has 0 saturated carbocycles. The molecule has 0 fully saturated rings. The Morgan fingerprint density at radius 3 is 2.42 bits per heavy atom. The second kappa shape index (κ2) is 14.4. The van der Waals surface area contributed by atoms with E-state index in [-0.39, 0.29) is 18.3 Å². The number of imidazole rings is 1. The molecule has 7 nitrogen and oxygen atoms in total. The van der Waals surface area contributed by atoms with Crippen LogP contribution in [0.1, 0.15) is 39.8 Å². The number of benzene rings is 1. The summed E-state index contributed by atoms with van der Waals surface area (Å²) in [5.41, 5.74) is 5.90. The van der Waals surface area contributed by atoms with Crippen LogP contribution in [-0.4, -0.2) is 79.2 Å². The van der Waals surface area contributed by atoms with E-state index >= 15 is 0 Å². The van der Waals surface area contributed by atoms with Crippen LogP contribution in [0.3, 0.4) is 0 Å². The van der Waals surface area contributed by atoms with E-state index in [1.54, 1.807) is 27.2 Å². The Morgan fingerprint density at radius 1 is 1.11 bits per heavy atom. The van der Waals surface area contributed by atoms with Crippen LogP contribution in [0.2, 0.25) is 0 Å². The van der Waals surface area contributed by atoms with Crippen LogP contribution in [0.15, 0.2) is 58.9 Å². The van der Waals surface area contributed by atoms with Crippen LogP contribution < -0.4 is 4.74 Å². The van der Waals surface area contributed by atoms with Crippen LogP contribution in [0, 0.1) is 5.82 Å². The topological polar surface area (TPSA) is 62.4 Å². The standard InChI is InChI=1S/C28H36FN5O2.C2H6/c1-19(2)23(27(30-3)28(35)33(6)7)13-15-36-25-16-21(29)9-10-24(25)20-8-11-26-31-17-22(34(26)18-20)12-14-32(4)5;1-2/h8-11,16-18H,12-15H2,1-7H3;1-2H3. The van der Waals surface area contributed by atoms with Crippen molar-refractivity contribution in [2.45, 2.75) is 40.5 Å². The first-order valence-electron chi connectivity index (χ1n) is 13.0. The average Bonchev–Trinajstić information content (AvgIpc) is 3.30. The fraction of sp³-hybridized carbons (Fsp3) is 0.433. The number of aromatic nitrogens is 2. The van der Waals surface area contributed by atoms with E-state index in [0.717, 1.165) is 46.6 Å². The second-order valence-corrected chi connectivity index (χ2v) is 9.44. The van der Waals surface area contributed by atoms with Crippen molar-refractivity contribution in [1.29, 1.82) is 0 Å². The van der Waals surface area contributed by atoms with Gasteiger partial charge in [-0.05, 0) is 57.8 Å². The minimum Gasteiger partial charge on any atom is -0.492 e. The number of amides is 1. The third-order valence-corrected chi connectivity index (χ3v) is 5.98. The Hall–Kier alpha value is -3.52. The molecule has 0 N–H and O–H groups in total. The molecular formula is C30H42FN5O2. The predicted octanol–water partition coefficient (Wildman–Crippen LogP) is 5.54. The second-order valence-electron chi connectivity index (χ2n) is 9.44. The molecular weight excluding hydrogens is 481 g/mol. The summed E-state index contributed by atoms with van der Waals surface area (Å²) in [4.78, 5) is 25.0. The molecule has 0 bridgehead atoms. The summed E-state index contributed by atoms with van der Waals surface area (Å²) in [5.74, 6) is -0.0737. The lowest BCUT2D eigenvalue weighted by Gasteiger charge is -2.18. The highest BCUT2D eigenvalue weighted by Gasteiger charge is 2.19. The molecule has 3 rings (SSSR count). The number of halogens is 1. The van der Waals surface area contributed by atoms with Gasteiger partial charge in [0.2, 0.25) is 0 Å². The van der Waals surface area contributed by atoms with Gasteiger partial charge in [-0.2, -0.15) is 0 Å². The lowest BCUT2D eigenvalue weighted by Crippen LogP contribution is -2.32. The van der Waals surface area contributed by atoms with Gasteiger partial charge in [0, 0.05) is 75.8 Å². The van der Waals surface area contributed by atoms with Crippen molar-refractivity contribution in [3.8, 4) is 16.9 Å². The summed E-state index contributed by atoms with van der Waals surface area (Å²) in [6.07, 6.45) is 5.25. The first-order valence-corrected chi connectivity index (χ1v) is 13.0. The van der Waals surface area contributed by atoms with E-state index in [9.17, 15) is 9.18 Å². The number of carbonyl (C=O) groups is 1. The van der Waals surface area contributed by atoms with E-state index in [4.69, 9.17) is 4.74 Å². The largest absolute Gasteiger partial charge is 0.492 e. The lowest BCUT2D eigenvalue weighted by molar-refractivity contribution is -0.121. The number of fused-ring (bicyclic) bond motifs is 1. The van der Waals surface area contributed by atoms with Crippen molar-refractivity contribution in [2.24, 2.45) is 4.99 Å². The molecule has 2 aromatic heterocycles. The van der Waals surface area contributed by atoms with Crippen LogP contribution in [-0.2, 0) is 11.2 Å². The summed E-state index contributed by atoms with van der Waals surface area (Å²) in [5, 5.41) is 0. The third-order valence-electron chi connectivity index (χ3n) is 5.98. The van der Waals surface area contributed by atoms with E-state index < -0.39 is 0 Å². The van der Waals surface area contributed by atoms with Gasteiger partial charge >= 0.3 is 0 Å². The predicted molar refractivity (Wildman–Crippen MR) is 155 cm³/mol. The van der Waals surface area contributed by atoms with Gasteiger partial charge < -0.3 is 18.9 Å². The molecule has 0 unspecified atom stereocenters. The maximum atomic E-state index is 14.2. The first kappa shape index (κ1) is 30.7. The summed E-state index contributed by atoms with van der Waals surface area (Å²) in [7, 11) is 9.11. The molecule has 2 heterocycles. The number of carbonyl (C=O) groups excluding carboxylic acids is 1. The SMILES string of the molecule is CC.CN=C(C(=O)N(C)C)C(CCOc1cc(F)ccc1-c1ccc2ncc(CCN(C)C)n2c1)=C(C)C. The number of nitrogens with zero attached hydrogens (tertiary/aromatic N) is 5. The van der Waals surface area contributed by atoms with Gasteiger partial charge in [0.05, 0.1) is 6.61 Å². The molecule has 3 aromatic rings. The quantitative estimate of drug-likeness (QED) is 0.328. The molecule has 0 atom stereocenters. The van der Waals surface area contributed by atoms with Crippen molar-refractivity contribution in [3.63, 3.8) is 0 Å². The molecule has 0 spiro atoms. The first-order chi connectivity index (χ1) is 18.1. The Kier molecular flexibility index (Phi) is 11.7. The van der Waals surface area contributed by atoms with E-state index in [2.05, 4.69) is 19.3 Å². The molecule has 0 aliphatic heterocycles. The number of ether oxygens (including phenoxy) is 1. The Morgan fingerprint density at radius 2 is 1.82 bits per heavy atom. The number of aliphatic imine (C=N–C) groups is 1. The summed E-state index contributed by atoms with van der Waals surface area (Å²) < 4.78 is 22.4. The summed E-state index contributed by atoms with van der Waals surface area (Å²) >= 11 is 0. The fourth-order valence-electron chi connectivity index (χ4n) is 4.01. The Labute approximate surface area is 226 Å². The Bertz CT molecular complexity index is 1290. The lowest BCUT2D eigenvalue weighted by atomic mass is 10.0. The number of hydrogen-bond acceptors (Lipinski definition) is 5.